The molecule has 0 aliphatic rings. The minimum Gasteiger partial charge on any atom is -0.309 e. The standard InChI is InChI=1S/C46H30N4/c1-3-15-31(16-4-1)40-30-41(48-46(47-40)32-17-5-2-6-18-32)33-27-34(49-42-23-11-7-19-36(42)37-20-8-12-24-43(37)49)29-35(28-33)50-44-25-13-9-21-38(44)39-22-10-14-26-45(39)50/h1-30H. The summed E-state index contributed by atoms with van der Waals surface area (Å²) >= 11 is 0. The Kier molecular flexibility index (Phi) is 6.46. The molecule has 50 heavy (non-hydrogen) atoms. The molecule has 0 radical (unpaired) electrons. The first-order valence-corrected chi connectivity index (χ1v) is 16.9. The Labute approximate surface area is 289 Å². The first kappa shape index (κ1) is 28.3. The smallest absolute Gasteiger partial charge is 0.160 e. The third kappa shape index (κ3) is 4.54. The molecule has 4 heteroatoms. The van der Waals surface area contributed by atoms with E-state index in [0.717, 1.165) is 61.5 Å². The summed E-state index contributed by atoms with van der Waals surface area (Å²) in [6.07, 6.45) is 0. The third-order valence-corrected chi connectivity index (χ3v) is 9.70. The summed E-state index contributed by atoms with van der Waals surface area (Å²) in [7, 11) is 0. The molecule has 0 spiro atoms. The van der Waals surface area contributed by atoms with Crippen molar-refractivity contribution in [2.45, 2.75) is 0 Å². The first-order chi connectivity index (χ1) is 24.8. The van der Waals surface area contributed by atoms with Gasteiger partial charge in [-0.05, 0) is 48.5 Å². The second-order valence-corrected chi connectivity index (χ2v) is 12.7. The quantitative estimate of drug-likeness (QED) is 0.188. The Hall–Kier alpha value is -6.78. The molecular formula is C46H30N4. The second kappa shape index (κ2) is 11.4. The van der Waals surface area contributed by atoms with Crippen LogP contribution >= 0.6 is 0 Å². The van der Waals surface area contributed by atoms with Gasteiger partial charge in [-0.25, -0.2) is 9.97 Å². The van der Waals surface area contributed by atoms with Gasteiger partial charge in [0.15, 0.2) is 5.82 Å². The van der Waals surface area contributed by atoms with Gasteiger partial charge in [0, 0.05) is 49.6 Å². The maximum atomic E-state index is 5.26. The maximum absolute atomic E-state index is 5.26. The van der Waals surface area contributed by atoms with Crippen LogP contribution in [0.4, 0.5) is 0 Å². The van der Waals surface area contributed by atoms with Crippen LogP contribution in [-0.2, 0) is 0 Å². The molecule has 0 atom stereocenters. The van der Waals surface area contributed by atoms with Crippen molar-refractivity contribution in [1.29, 1.82) is 0 Å². The molecule has 0 aliphatic heterocycles. The number of nitrogens with zero attached hydrogens (tertiary/aromatic N) is 4. The van der Waals surface area contributed by atoms with Crippen LogP contribution in [-0.4, -0.2) is 19.1 Å². The van der Waals surface area contributed by atoms with Crippen LogP contribution < -0.4 is 0 Å². The highest BCUT2D eigenvalue weighted by Crippen LogP contribution is 2.38. The van der Waals surface area contributed by atoms with Gasteiger partial charge in [0.1, 0.15) is 0 Å². The zero-order valence-corrected chi connectivity index (χ0v) is 27.1. The van der Waals surface area contributed by atoms with Crippen molar-refractivity contribution >= 4 is 43.6 Å². The molecule has 3 heterocycles. The first-order valence-electron chi connectivity index (χ1n) is 16.9. The largest absolute Gasteiger partial charge is 0.309 e. The topological polar surface area (TPSA) is 35.6 Å². The molecule has 0 bridgehead atoms. The number of aromatic nitrogens is 4. The average Bonchev–Trinajstić information content (AvgIpc) is 3.71. The lowest BCUT2D eigenvalue weighted by Crippen LogP contribution is -2.01. The molecular weight excluding hydrogens is 609 g/mol. The van der Waals surface area contributed by atoms with Gasteiger partial charge in [0.25, 0.3) is 0 Å². The number of fused-ring (bicyclic) bond motifs is 6. The van der Waals surface area contributed by atoms with Gasteiger partial charge in [-0.1, -0.05) is 133 Å². The maximum Gasteiger partial charge on any atom is 0.160 e. The molecule has 10 rings (SSSR count). The molecule has 0 saturated carbocycles. The molecule has 0 aliphatic carbocycles. The summed E-state index contributed by atoms with van der Waals surface area (Å²) in [5.41, 5.74) is 11.6. The van der Waals surface area contributed by atoms with E-state index in [0.29, 0.717) is 5.82 Å². The zero-order chi connectivity index (χ0) is 33.0. The third-order valence-electron chi connectivity index (χ3n) is 9.70. The van der Waals surface area contributed by atoms with E-state index < -0.39 is 0 Å². The molecule has 0 N–H and O–H groups in total. The van der Waals surface area contributed by atoms with E-state index in [2.05, 4.69) is 167 Å². The Morgan fingerprint density at radius 3 is 1.10 bits per heavy atom. The van der Waals surface area contributed by atoms with Crippen molar-refractivity contribution in [2.24, 2.45) is 0 Å². The van der Waals surface area contributed by atoms with Crippen LogP contribution in [0.2, 0.25) is 0 Å². The van der Waals surface area contributed by atoms with Gasteiger partial charge in [-0.15, -0.1) is 0 Å². The van der Waals surface area contributed by atoms with Crippen LogP contribution in [0.15, 0.2) is 182 Å². The van der Waals surface area contributed by atoms with Crippen molar-refractivity contribution in [3.8, 4) is 45.3 Å². The molecule has 0 amide bonds. The number of benzene rings is 7. The van der Waals surface area contributed by atoms with Crippen molar-refractivity contribution < 1.29 is 0 Å². The fraction of sp³-hybridized carbons (Fsp3) is 0. The van der Waals surface area contributed by atoms with E-state index in [4.69, 9.17) is 9.97 Å². The summed E-state index contributed by atoms with van der Waals surface area (Å²) in [6.45, 7) is 0. The van der Waals surface area contributed by atoms with Crippen LogP contribution in [0.1, 0.15) is 0 Å². The molecule has 0 saturated heterocycles. The van der Waals surface area contributed by atoms with E-state index in [1.54, 1.807) is 0 Å². The van der Waals surface area contributed by atoms with Gasteiger partial charge >= 0.3 is 0 Å². The Balaban J connectivity index is 1.31. The van der Waals surface area contributed by atoms with E-state index in [-0.39, 0.29) is 0 Å². The fourth-order valence-corrected chi connectivity index (χ4v) is 7.47. The van der Waals surface area contributed by atoms with Gasteiger partial charge in [0.05, 0.1) is 33.5 Å². The fourth-order valence-electron chi connectivity index (χ4n) is 7.47. The Morgan fingerprint density at radius 2 is 0.660 bits per heavy atom. The lowest BCUT2D eigenvalue weighted by Gasteiger charge is -2.16. The molecule has 4 nitrogen and oxygen atoms in total. The lowest BCUT2D eigenvalue weighted by molar-refractivity contribution is 1.13. The Morgan fingerprint density at radius 1 is 0.300 bits per heavy atom. The average molecular weight is 639 g/mol. The van der Waals surface area contributed by atoms with Gasteiger partial charge in [-0.3, -0.25) is 0 Å². The van der Waals surface area contributed by atoms with Gasteiger partial charge < -0.3 is 9.13 Å². The van der Waals surface area contributed by atoms with Crippen LogP contribution in [0, 0.1) is 0 Å². The minimum absolute atomic E-state index is 0.697. The van der Waals surface area contributed by atoms with Crippen molar-refractivity contribution in [3.63, 3.8) is 0 Å². The van der Waals surface area contributed by atoms with Crippen LogP contribution in [0.5, 0.6) is 0 Å². The minimum atomic E-state index is 0.697. The SMILES string of the molecule is c1ccc(-c2cc(-c3cc(-n4c5ccccc5c5ccccc54)cc(-n4c5ccccc5c5ccccc54)c3)nc(-c3ccccc3)n2)cc1. The number of para-hydroxylation sites is 4. The number of hydrogen-bond donors (Lipinski definition) is 0. The number of rotatable bonds is 5. The zero-order valence-electron chi connectivity index (χ0n) is 27.1. The van der Waals surface area contributed by atoms with Crippen molar-refractivity contribution in [1.82, 2.24) is 19.1 Å². The summed E-state index contributed by atoms with van der Waals surface area (Å²) in [6, 6.07) is 64.3. The monoisotopic (exact) mass is 638 g/mol. The molecule has 0 fully saturated rings. The van der Waals surface area contributed by atoms with Crippen LogP contribution in [0.25, 0.3) is 88.9 Å². The summed E-state index contributed by atoms with van der Waals surface area (Å²) < 4.78 is 4.78. The number of hydrogen-bond acceptors (Lipinski definition) is 2. The molecule has 234 valence electrons. The Bertz CT molecular complexity index is 2570. The summed E-state index contributed by atoms with van der Waals surface area (Å²) in [5, 5.41) is 4.91. The summed E-state index contributed by atoms with van der Waals surface area (Å²) in [5.74, 6) is 0.697. The van der Waals surface area contributed by atoms with E-state index in [1.165, 1.54) is 21.5 Å². The predicted molar refractivity (Wildman–Crippen MR) is 207 cm³/mol. The second-order valence-electron chi connectivity index (χ2n) is 12.7. The van der Waals surface area contributed by atoms with Crippen molar-refractivity contribution in [3.05, 3.63) is 182 Å². The van der Waals surface area contributed by atoms with E-state index >= 15 is 0 Å². The van der Waals surface area contributed by atoms with Gasteiger partial charge in [0.2, 0.25) is 0 Å². The highest BCUT2D eigenvalue weighted by molar-refractivity contribution is 6.10. The van der Waals surface area contributed by atoms with E-state index in [1.807, 2.05) is 24.3 Å². The highest BCUT2D eigenvalue weighted by atomic mass is 15.0. The van der Waals surface area contributed by atoms with Gasteiger partial charge in [-0.2, -0.15) is 0 Å². The normalized spacial score (nSPS) is 11.6. The molecule has 7 aromatic carbocycles. The molecule has 10 aromatic rings. The predicted octanol–water partition coefficient (Wildman–Crippen LogP) is 11.7. The van der Waals surface area contributed by atoms with E-state index in [9.17, 15) is 0 Å². The van der Waals surface area contributed by atoms with Crippen molar-refractivity contribution in [2.75, 3.05) is 0 Å². The molecule has 0 unspecified atom stereocenters. The molecule has 3 aromatic heterocycles. The van der Waals surface area contributed by atoms with Crippen LogP contribution in [0.3, 0.4) is 0 Å². The lowest BCUT2D eigenvalue weighted by atomic mass is 10.0. The highest BCUT2D eigenvalue weighted by Gasteiger charge is 2.18. The summed E-state index contributed by atoms with van der Waals surface area (Å²) in [4.78, 5) is 10.4.